The Morgan fingerprint density at radius 2 is 1.94 bits per heavy atom. The van der Waals surface area contributed by atoms with Crippen LogP contribution in [0.2, 0.25) is 0 Å². The number of hydrogen-bond donors (Lipinski definition) is 0. The predicted molar refractivity (Wildman–Crippen MR) is 123 cm³/mol. The van der Waals surface area contributed by atoms with E-state index in [1.54, 1.807) is 7.11 Å². The molecule has 3 aliphatic heterocycles. The summed E-state index contributed by atoms with van der Waals surface area (Å²) < 4.78 is 11.1. The number of carbonyl (C=O) groups excluding carboxylic acids is 1. The van der Waals surface area contributed by atoms with Gasteiger partial charge >= 0.3 is 6.09 Å². The molecule has 0 radical (unpaired) electrons. The van der Waals surface area contributed by atoms with Crippen molar-refractivity contribution < 1.29 is 14.3 Å². The zero-order valence-corrected chi connectivity index (χ0v) is 19.2. The third kappa shape index (κ3) is 3.44. The molecule has 0 aromatic heterocycles. The lowest BCUT2D eigenvalue weighted by Gasteiger charge is -2.38. The van der Waals surface area contributed by atoms with Gasteiger partial charge in [0.15, 0.2) is 0 Å². The van der Waals surface area contributed by atoms with Gasteiger partial charge in [0.05, 0.1) is 7.11 Å². The molecule has 164 valence electrons. The van der Waals surface area contributed by atoms with Gasteiger partial charge in [-0.05, 0) is 92.6 Å². The smallest absolute Gasteiger partial charge is 0.410 e. The van der Waals surface area contributed by atoms with E-state index < -0.39 is 5.60 Å². The quantitative estimate of drug-likeness (QED) is 0.675. The maximum atomic E-state index is 12.7. The lowest BCUT2D eigenvalue weighted by atomic mass is 9.85. The molecular formula is C26H32N2O3. The highest BCUT2D eigenvalue weighted by molar-refractivity contribution is 5.79. The van der Waals surface area contributed by atoms with Gasteiger partial charge in [-0.3, -0.25) is 0 Å². The first kappa shape index (κ1) is 20.2. The monoisotopic (exact) mass is 420 g/mol. The Balaban J connectivity index is 1.49. The summed E-state index contributed by atoms with van der Waals surface area (Å²) in [6.45, 7) is 10.5. The van der Waals surface area contributed by atoms with Crippen molar-refractivity contribution in [1.29, 1.82) is 0 Å². The molecule has 0 N–H and O–H groups in total. The number of carbonyl (C=O) groups is 1. The van der Waals surface area contributed by atoms with E-state index in [2.05, 4.69) is 36.1 Å². The topological polar surface area (TPSA) is 42.0 Å². The third-order valence-corrected chi connectivity index (χ3v) is 6.90. The van der Waals surface area contributed by atoms with Gasteiger partial charge in [0, 0.05) is 37.3 Å². The Kier molecular flexibility index (Phi) is 4.68. The van der Waals surface area contributed by atoms with E-state index in [-0.39, 0.29) is 6.09 Å². The van der Waals surface area contributed by atoms with Crippen LogP contribution in [-0.2, 0) is 11.2 Å². The van der Waals surface area contributed by atoms with Crippen LogP contribution in [0.15, 0.2) is 30.3 Å². The number of piperidine rings is 1. The molecule has 5 rings (SSSR count). The molecule has 1 fully saturated rings. The van der Waals surface area contributed by atoms with Crippen LogP contribution in [0.1, 0.15) is 49.8 Å². The van der Waals surface area contributed by atoms with E-state index in [1.807, 2.05) is 31.7 Å². The minimum Gasteiger partial charge on any atom is -0.497 e. The van der Waals surface area contributed by atoms with Crippen molar-refractivity contribution in [1.82, 2.24) is 4.90 Å². The average Bonchev–Trinajstić information content (AvgIpc) is 3.28. The summed E-state index contributed by atoms with van der Waals surface area (Å²) in [5.74, 6) is 1.23. The Bertz CT molecular complexity index is 1040. The summed E-state index contributed by atoms with van der Waals surface area (Å²) in [6.07, 6.45) is 1.91. The normalized spacial score (nSPS) is 21.7. The third-order valence-electron chi connectivity index (χ3n) is 6.90. The van der Waals surface area contributed by atoms with Crippen molar-refractivity contribution in [2.75, 3.05) is 31.6 Å². The van der Waals surface area contributed by atoms with Crippen LogP contribution in [0, 0.1) is 6.92 Å². The Morgan fingerprint density at radius 1 is 1.13 bits per heavy atom. The summed E-state index contributed by atoms with van der Waals surface area (Å²) in [4.78, 5) is 17.3. The van der Waals surface area contributed by atoms with Crippen LogP contribution in [0.4, 0.5) is 10.5 Å². The highest BCUT2D eigenvalue weighted by atomic mass is 16.6. The number of aryl methyl sites for hydroxylation is 1. The van der Waals surface area contributed by atoms with Crippen molar-refractivity contribution in [2.24, 2.45) is 0 Å². The van der Waals surface area contributed by atoms with E-state index in [0.717, 1.165) is 38.2 Å². The fourth-order valence-electron chi connectivity index (χ4n) is 5.58. The molecule has 2 atom stereocenters. The van der Waals surface area contributed by atoms with Gasteiger partial charge in [0.2, 0.25) is 0 Å². The molecule has 1 amide bonds. The minimum absolute atomic E-state index is 0.189. The number of nitrogens with zero attached hydrogens (tertiary/aromatic N) is 2. The first-order valence-electron chi connectivity index (χ1n) is 11.3. The van der Waals surface area contributed by atoms with Crippen molar-refractivity contribution in [3.8, 4) is 16.9 Å². The van der Waals surface area contributed by atoms with Crippen LogP contribution >= 0.6 is 0 Å². The van der Waals surface area contributed by atoms with Crippen molar-refractivity contribution in [3.05, 3.63) is 47.0 Å². The summed E-state index contributed by atoms with van der Waals surface area (Å²) in [6, 6.07) is 11.5. The maximum Gasteiger partial charge on any atom is 0.410 e. The van der Waals surface area contributed by atoms with Gasteiger partial charge in [-0.25, -0.2) is 4.79 Å². The van der Waals surface area contributed by atoms with Crippen LogP contribution in [0.5, 0.6) is 5.75 Å². The van der Waals surface area contributed by atoms with Crippen LogP contribution in [0.3, 0.4) is 0 Å². The highest BCUT2D eigenvalue weighted by Crippen LogP contribution is 2.51. The molecule has 0 bridgehead atoms. The molecule has 5 nitrogen and oxygen atoms in total. The molecule has 31 heavy (non-hydrogen) atoms. The van der Waals surface area contributed by atoms with Gasteiger partial charge in [0.1, 0.15) is 11.4 Å². The largest absolute Gasteiger partial charge is 0.497 e. The summed E-state index contributed by atoms with van der Waals surface area (Å²) in [7, 11) is 1.71. The number of amides is 1. The lowest BCUT2D eigenvalue weighted by molar-refractivity contribution is 0.0189. The number of ether oxygens (including phenoxy) is 2. The molecule has 3 heterocycles. The second kappa shape index (κ2) is 7.18. The van der Waals surface area contributed by atoms with Crippen molar-refractivity contribution >= 4 is 11.8 Å². The van der Waals surface area contributed by atoms with E-state index >= 15 is 0 Å². The van der Waals surface area contributed by atoms with Gasteiger partial charge in [-0.2, -0.15) is 0 Å². The molecule has 5 heteroatoms. The standard InChI is InChI=1S/C26H32N2O3/c1-16-12-19(30-5)6-7-20(16)18-13-17-8-11-28-23-9-10-27(25(29)31-26(2,3)4)15-22(23)21(14-18)24(17)28/h6-7,12-14,22-23H,8-11,15H2,1-5H3/t22-,23-/m0/s1. The summed E-state index contributed by atoms with van der Waals surface area (Å²) in [5, 5.41) is 0. The molecule has 2 aromatic carbocycles. The summed E-state index contributed by atoms with van der Waals surface area (Å²) in [5.41, 5.74) is 7.54. The molecule has 3 aliphatic rings. The predicted octanol–water partition coefficient (Wildman–Crippen LogP) is 5.14. The Labute approximate surface area is 184 Å². The fraction of sp³-hybridized carbons (Fsp3) is 0.500. The molecule has 0 unspecified atom stereocenters. The molecule has 1 saturated heterocycles. The zero-order chi connectivity index (χ0) is 21.9. The molecule has 0 spiro atoms. The van der Waals surface area contributed by atoms with E-state index in [0.29, 0.717) is 12.0 Å². The van der Waals surface area contributed by atoms with Crippen molar-refractivity contribution in [2.45, 2.75) is 58.1 Å². The van der Waals surface area contributed by atoms with Crippen LogP contribution < -0.4 is 9.64 Å². The lowest BCUT2D eigenvalue weighted by Crippen LogP contribution is -2.49. The molecule has 0 aliphatic carbocycles. The summed E-state index contributed by atoms with van der Waals surface area (Å²) >= 11 is 0. The molecule has 0 saturated carbocycles. The highest BCUT2D eigenvalue weighted by Gasteiger charge is 2.46. The molecular weight excluding hydrogens is 388 g/mol. The van der Waals surface area contributed by atoms with Crippen LogP contribution in [-0.4, -0.2) is 49.4 Å². The second-order valence-corrected chi connectivity index (χ2v) is 10.1. The van der Waals surface area contributed by atoms with Gasteiger partial charge < -0.3 is 19.3 Å². The number of hydrogen-bond acceptors (Lipinski definition) is 4. The first-order chi connectivity index (χ1) is 14.7. The van der Waals surface area contributed by atoms with Gasteiger partial charge in [-0.1, -0.05) is 6.07 Å². The fourth-order valence-corrected chi connectivity index (χ4v) is 5.58. The maximum absolute atomic E-state index is 12.7. The van der Waals surface area contributed by atoms with E-state index in [4.69, 9.17) is 9.47 Å². The number of rotatable bonds is 2. The number of anilines is 1. The van der Waals surface area contributed by atoms with Gasteiger partial charge in [-0.15, -0.1) is 0 Å². The van der Waals surface area contributed by atoms with Gasteiger partial charge in [0.25, 0.3) is 0 Å². The Morgan fingerprint density at radius 3 is 2.65 bits per heavy atom. The van der Waals surface area contributed by atoms with Crippen LogP contribution in [0.25, 0.3) is 11.1 Å². The minimum atomic E-state index is -0.467. The van der Waals surface area contributed by atoms with E-state index in [9.17, 15) is 4.79 Å². The first-order valence-corrected chi connectivity index (χ1v) is 11.3. The van der Waals surface area contributed by atoms with Crippen molar-refractivity contribution in [3.63, 3.8) is 0 Å². The number of fused-ring (bicyclic) bond motifs is 3. The SMILES string of the molecule is COc1ccc(-c2cc3c4c(c2)[C@@H]2CN(C(=O)OC(C)(C)C)CC[C@@H]2N4CC3)c(C)c1. The van der Waals surface area contributed by atoms with E-state index in [1.165, 1.54) is 33.5 Å². The Hall–Kier alpha value is -2.69. The second-order valence-electron chi connectivity index (χ2n) is 10.1. The number of methoxy groups -OCH3 is 1. The average molecular weight is 421 g/mol. The molecule has 2 aromatic rings. The zero-order valence-electron chi connectivity index (χ0n) is 19.2. The number of likely N-dealkylation sites (tertiary alicyclic amines) is 1. The number of benzene rings is 2.